The topological polar surface area (TPSA) is 45.7 Å². The Kier molecular flexibility index (Phi) is 6.08. The fourth-order valence-electron chi connectivity index (χ4n) is 5.26. The second kappa shape index (κ2) is 8.70. The number of methoxy groups -OCH3 is 1. The van der Waals surface area contributed by atoms with Crippen LogP contribution in [0.25, 0.3) is 0 Å². The Morgan fingerprint density at radius 2 is 1.81 bits per heavy atom. The van der Waals surface area contributed by atoms with Crippen molar-refractivity contribution in [2.75, 3.05) is 26.7 Å². The van der Waals surface area contributed by atoms with Crippen LogP contribution in [0.3, 0.4) is 0 Å². The van der Waals surface area contributed by atoms with Crippen LogP contribution in [0.5, 0.6) is 0 Å². The number of hydrogen-bond donors (Lipinski definition) is 0. The number of aromatic nitrogens is 1. The van der Waals surface area contributed by atoms with E-state index in [1.54, 1.807) is 0 Å². The molecule has 5 nitrogen and oxygen atoms in total. The third-order valence-corrected chi connectivity index (χ3v) is 6.92. The number of carbonyl (C=O) groups excluding carboxylic acids is 1. The first-order valence-corrected chi connectivity index (χ1v) is 10.7. The van der Waals surface area contributed by atoms with Crippen LogP contribution in [-0.4, -0.2) is 59.6 Å². The van der Waals surface area contributed by atoms with Gasteiger partial charge in [-0.05, 0) is 49.3 Å². The molecule has 0 unspecified atom stereocenters. The first-order valence-electron chi connectivity index (χ1n) is 10.7. The molecular formula is C22H33N3O2. The van der Waals surface area contributed by atoms with Gasteiger partial charge in [0.05, 0.1) is 12.1 Å². The van der Waals surface area contributed by atoms with Crippen LogP contribution in [0.15, 0.2) is 24.5 Å². The standard InChI is InChI=1S/C22H33N3O2/c1-27-20-16-25(22(20)18-7-11-23-12-8-18)19-9-13-24(14-10-19)21(26)15-17-5-3-2-4-6-17/h7-8,11-12,17,19-20,22H,2-6,9-10,13-16H2,1H3/t20-,22-/m0/s1. The number of pyridine rings is 1. The molecule has 148 valence electrons. The van der Waals surface area contributed by atoms with Crippen molar-refractivity contribution in [3.8, 4) is 0 Å². The molecule has 0 spiro atoms. The van der Waals surface area contributed by atoms with E-state index in [0.29, 0.717) is 23.9 Å². The molecule has 3 fully saturated rings. The summed E-state index contributed by atoms with van der Waals surface area (Å²) in [4.78, 5) is 21.5. The fraction of sp³-hybridized carbons (Fsp3) is 0.727. The minimum atomic E-state index is 0.262. The van der Waals surface area contributed by atoms with Gasteiger partial charge < -0.3 is 9.64 Å². The van der Waals surface area contributed by atoms with Crippen molar-refractivity contribution in [3.63, 3.8) is 0 Å². The normalized spacial score (nSPS) is 28.1. The summed E-state index contributed by atoms with van der Waals surface area (Å²) < 4.78 is 5.69. The molecule has 1 aromatic heterocycles. The third kappa shape index (κ3) is 4.19. The van der Waals surface area contributed by atoms with E-state index in [-0.39, 0.29) is 6.10 Å². The maximum absolute atomic E-state index is 12.7. The summed E-state index contributed by atoms with van der Waals surface area (Å²) in [5.74, 6) is 1.03. The summed E-state index contributed by atoms with van der Waals surface area (Å²) >= 11 is 0. The minimum Gasteiger partial charge on any atom is -0.378 e. The highest BCUT2D eigenvalue weighted by Gasteiger charge is 2.44. The summed E-state index contributed by atoms with van der Waals surface area (Å²) in [6.45, 7) is 2.81. The number of hydrogen-bond acceptors (Lipinski definition) is 4. The van der Waals surface area contributed by atoms with Crippen LogP contribution in [-0.2, 0) is 9.53 Å². The monoisotopic (exact) mass is 371 g/mol. The van der Waals surface area contributed by atoms with Gasteiger partial charge in [0.1, 0.15) is 0 Å². The second-order valence-electron chi connectivity index (χ2n) is 8.52. The smallest absolute Gasteiger partial charge is 0.222 e. The Morgan fingerprint density at radius 1 is 1.11 bits per heavy atom. The van der Waals surface area contributed by atoms with Crippen molar-refractivity contribution in [1.82, 2.24) is 14.8 Å². The van der Waals surface area contributed by atoms with Gasteiger partial charge in [-0.25, -0.2) is 0 Å². The minimum absolute atomic E-state index is 0.262. The molecule has 3 aliphatic rings. The lowest BCUT2D eigenvalue weighted by Gasteiger charge is -2.53. The first kappa shape index (κ1) is 18.9. The lowest BCUT2D eigenvalue weighted by Crippen LogP contribution is -2.60. The zero-order chi connectivity index (χ0) is 18.6. The summed E-state index contributed by atoms with van der Waals surface area (Å²) in [5, 5.41) is 0. The maximum atomic E-state index is 12.7. The molecule has 0 radical (unpaired) electrons. The highest BCUT2D eigenvalue weighted by molar-refractivity contribution is 5.76. The molecule has 0 N–H and O–H groups in total. The Hall–Kier alpha value is -1.46. The van der Waals surface area contributed by atoms with Crippen molar-refractivity contribution in [1.29, 1.82) is 0 Å². The van der Waals surface area contributed by atoms with Gasteiger partial charge in [-0.3, -0.25) is 14.7 Å². The van der Waals surface area contributed by atoms with Crippen LogP contribution >= 0.6 is 0 Å². The Morgan fingerprint density at radius 3 is 2.48 bits per heavy atom. The summed E-state index contributed by atoms with van der Waals surface area (Å²) in [6, 6.07) is 5.08. The van der Waals surface area contributed by atoms with Gasteiger partial charge in [0, 0.05) is 51.6 Å². The number of piperidine rings is 1. The van der Waals surface area contributed by atoms with Gasteiger partial charge in [-0.15, -0.1) is 0 Å². The molecule has 27 heavy (non-hydrogen) atoms. The number of amides is 1. The maximum Gasteiger partial charge on any atom is 0.222 e. The second-order valence-corrected chi connectivity index (χ2v) is 8.52. The average molecular weight is 372 g/mol. The third-order valence-electron chi connectivity index (χ3n) is 6.92. The molecule has 1 saturated carbocycles. The molecule has 2 saturated heterocycles. The molecule has 4 rings (SSSR count). The van der Waals surface area contributed by atoms with Crippen molar-refractivity contribution in [2.24, 2.45) is 5.92 Å². The molecule has 1 aliphatic carbocycles. The zero-order valence-corrected chi connectivity index (χ0v) is 16.6. The van der Waals surface area contributed by atoms with E-state index in [1.807, 2.05) is 19.5 Å². The van der Waals surface area contributed by atoms with E-state index in [0.717, 1.165) is 38.9 Å². The number of ether oxygens (including phenoxy) is 1. The fourth-order valence-corrected chi connectivity index (χ4v) is 5.26. The molecule has 0 aromatic carbocycles. The molecule has 1 amide bonds. The molecule has 2 atom stereocenters. The van der Waals surface area contributed by atoms with E-state index in [1.165, 1.54) is 37.7 Å². The average Bonchev–Trinajstić information content (AvgIpc) is 2.70. The van der Waals surface area contributed by atoms with Crippen LogP contribution in [0, 0.1) is 5.92 Å². The van der Waals surface area contributed by atoms with Gasteiger partial charge >= 0.3 is 0 Å². The van der Waals surface area contributed by atoms with Crippen molar-refractivity contribution in [2.45, 2.75) is 69.6 Å². The van der Waals surface area contributed by atoms with E-state index in [2.05, 4.69) is 26.9 Å². The highest BCUT2D eigenvalue weighted by atomic mass is 16.5. The van der Waals surface area contributed by atoms with Crippen LogP contribution in [0.1, 0.15) is 63.0 Å². The number of likely N-dealkylation sites (tertiary alicyclic amines) is 2. The predicted molar refractivity (Wildman–Crippen MR) is 105 cm³/mol. The highest BCUT2D eigenvalue weighted by Crippen LogP contribution is 2.39. The molecule has 1 aromatic rings. The first-order chi connectivity index (χ1) is 13.3. The van der Waals surface area contributed by atoms with Crippen molar-refractivity contribution >= 4 is 5.91 Å². The number of nitrogens with zero attached hydrogens (tertiary/aromatic N) is 3. The van der Waals surface area contributed by atoms with E-state index in [9.17, 15) is 4.79 Å². The van der Waals surface area contributed by atoms with E-state index < -0.39 is 0 Å². The molecule has 3 heterocycles. The van der Waals surface area contributed by atoms with Crippen LogP contribution in [0.4, 0.5) is 0 Å². The molecule has 2 aliphatic heterocycles. The molecule has 5 heteroatoms. The van der Waals surface area contributed by atoms with E-state index >= 15 is 0 Å². The van der Waals surface area contributed by atoms with Crippen molar-refractivity contribution < 1.29 is 9.53 Å². The lowest BCUT2D eigenvalue weighted by atomic mass is 9.86. The zero-order valence-electron chi connectivity index (χ0n) is 16.6. The Balaban J connectivity index is 1.30. The van der Waals surface area contributed by atoms with Gasteiger partial charge in [0.2, 0.25) is 5.91 Å². The lowest BCUT2D eigenvalue weighted by molar-refractivity contribution is -0.138. The predicted octanol–water partition coefficient (Wildman–Crippen LogP) is 3.41. The van der Waals surface area contributed by atoms with Crippen LogP contribution in [0.2, 0.25) is 0 Å². The summed E-state index contributed by atoms with van der Waals surface area (Å²) in [7, 11) is 1.81. The van der Waals surface area contributed by atoms with Gasteiger partial charge in [0.15, 0.2) is 0 Å². The van der Waals surface area contributed by atoms with Gasteiger partial charge in [-0.2, -0.15) is 0 Å². The van der Waals surface area contributed by atoms with Crippen LogP contribution < -0.4 is 0 Å². The summed E-state index contributed by atoms with van der Waals surface area (Å²) in [5.41, 5.74) is 1.29. The van der Waals surface area contributed by atoms with Gasteiger partial charge in [-0.1, -0.05) is 19.3 Å². The Bertz CT molecular complexity index is 609. The Labute approximate surface area is 163 Å². The van der Waals surface area contributed by atoms with E-state index in [4.69, 9.17) is 4.74 Å². The quantitative estimate of drug-likeness (QED) is 0.796. The summed E-state index contributed by atoms with van der Waals surface area (Å²) in [6.07, 6.45) is 13.4. The molecule has 0 bridgehead atoms. The largest absolute Gasteiger partial charge is 0.378 e. The number of rotatable bonds is 5. The SMILES string of the molecule is CO[C@H]1CN(C2CCN(C(=O)CC3CCCCC3)CC2)[C@H]1c1ccncc1. The van der Waals surface area contributed by atoms with Crippen molar-refractivity contribution in [3.05, 3.63) is 30.1 Å². The van der Waals surface area contributed by atoms with Gasteiger partial charge in [0.25, 0.3) is 0 Å². The molecular weight excluding hydrogens is 338 g/mol. The number of carbonyl (C=O) groups is 1.